The van der Waals surface area contributed by atoms with Crippen LogP contribution < -0.4 is 0 Å². The highest BCUT2D eigenvalue weighted by atomic mass is 16.5. The first-order valence-corrected chi connectivity index (χ1v) is 7.85. The molecule has 1 aromatic carbocycles. The molecular weight excluding hydrogens is 278 g/mol. The molecule has 5 nitrogen and oxygen atoms in total. The van der Waals surface area contributed by atoms with E-state index in [-0.39, 0.29) is 11.9 Å². The molecule has 1 aliphatic heterocycles. The Bertz CT molecular complexity index is 665. The van der Waals surface area contributed by atoms with Crippen LogP contribution in [-0.2, 0) is 17.8 Å². The zero-order valence-corrected chi connectivity index (χ0v) is 13.1. The fraction of sp³-hybridized carbons (Fsp3) is 0.471. The van der Waals surface area contributed by atoms with Crippen molar-refractivity contribution in [3.8, 4) is 0 Å². The zero-order chi connectivity index (χ0) is 15.5. The Morgan fingerprint density at radius 3 is 3.05 bits per heavy atom. The molecule has 22 heavy (non-hydrogen) atoms. The van der Waals surface area contributed by atoms with Crippen LogP contribution in [0.25, 0.3) is 0 Å². The second-order valence-electron chi connectivity index (χ2n) is 5.86. The summed E-state index contributed by atoms with van der Waals surface area (Å²) in [6, 6.07) is 8.14. The predicted molar refractivity (Wildman–Crippen MR) is 82.0 cm³/mol. The van der Waals surface area contributed by atoms with Crippen LogP contribution >= 0.6 is 0 Å². The van der Waals surface area contributed by atoms with E-state index in [1.165, 1.54) is 5.56 Å². The first-order chi connectivity index (χ1) is 10.7. The van der Waals surface area contributed by atoms with Crippen molar-refractivity contribution in [3.05, 3.63) is 47.1 Å². The van der Waals surface area contributed by atoms with E-state index in [1.807, 2.05) is 17.0 Å². The third-order valence-corrected chi connectivity index (χ3v) is 4.01. The van der Waals surface area contributed by atoms with Gasteiger partial charge in [-0.25, -0.2) is 0 Å². The maximum absolute atomic E-state index is 12.2. The van der Waals surface area contributed by atoms with Gasteiger partial charge in [0.15, 0.2) is 5.82 Å². The molecule has 2 aromatic rings. The van der Waals surface area contributed by atoms with E-state index in [0.29, 0.717) is 18.9 Å². The second kappa shape index (κ2) is 6.30. The molecule has 2 heterocycles. The Labute approximate surface area is 130 Å². The number of hydrogen-bond donors (Lipinski definition) is 0. The zero-order valence-electron chi connectivity index (χ0n) is 13.1. The predicted octanol–water partition coefficient (Wildman–Crippen LogP) is 3.19. The Morgan fingerprint density at radius 2 is 2.27 bits per heavy atom. The van der Waals surface area contributed by atoms with Gasteiger partial charge >= 0.3 is 0 Å². The molecule has 1 aromatic heterocycles. The molecule has 0 N–H and O–H groups in total. The van der Waals surface area contributed by atoms with Gasteiger partial charge < -0.3 is 9.42 Å². The number of benzene rings is 1. The van der Waals surface area contributed by atoms with Crippen molar-refractivity contribution in [2.45, 2.75) is 52.1 Å². The quantitative estimate of drug-likeness (QED) is 0.850. The summed E-state index contributed by atoms with van der Waals surface area (Å²) in [5, 5.41) is 4.01. The molecule has 1 atom stereocenters. The monoisotopic (exact) mass is 299 g/mol. The van der Waals surface area contributed by atoms with Crippen LogP contribution in [-0.4, -0.2) is 20.9 Å². The smallest absolute Gasteiger partial charge is 0.249 e. The maximum atomic E-state index is 12.2. The molecule has 1 unspecified atom stereocenters. The van der Waals surface area contributed by atoms with E-state index in [2.05, 4.69) is 36.1 Å². The molecule has 116 valence electrons. The van der Waals surface area contributed by atoms with Gasteiger partial charge in [0.25, 0.3) is 0 Å². The van der Waals surface area contributed by atoms with Gasteiger partial charge in [-0.3, -0.25) is 4.79 Å². The summed E-state index contributed by atoms with van der Waals surface area (Å²) >= 11 is 0. The van der Waals surface area contributed by atoms with Crippen LogP contribution in [0.2, 0.25) is 0 Å². The van der Waals surface area contributed by atoms with E-state index >= 15 is 0 Å². The average Bonchev–Trinajstić information content (AvgIpc) is 3.08. The molecular formula is C17H21N3O2. The lowest BCUT2D eigenvalue weighted by molar-refractivity contribution is -0.129. The van der Waals surface area contributed by atoms with Crippen LogP contribution in [0.1, 0.15) is 55.1 Å². The minimum Gasteiger partial charge on any atom is -0.337 e. The Morgan fingerprint density at radius 1 is 1.41 bits per heavy atom. The first kappa shape index (κ1) is 14.8. The lowest BCUT2D eigenvalue weighted by Crippen LogP contribution is -2.27. The number of aromatic nitrogens is 2. The molecule has 0 aliphatic carbocycles. The van der Waals surface area contributed by atoms with Crippen molar-refractivity contribution in [1.82, 2.24) is 15.0 Å². The number of aryl methyl sites for hydroxylation is 2. The summed E-state index contributed by atoms with van der Waals surface area (Å²) in [4.78, 5) is 18.5. The van der Waals surface area contributed by atoms with E-state index < -0.39 is 0 Å². The number of likely N-dealkylation sites (tertiary alicyclic amines) is 1. The van der Waals surface area contributed by atoms with Crippen LogP contribution in [0.5, 0.6) is 0 Å². The van der Waals surface area contributed by atoms with E-state index in [0.717, 1.165) is 30.7 Å². The molecule has 0 saturated carbocycles. The van der Waals surface area contributed by atoms with E-state index in [9.17, 15) is 4.79 Å². The average molecular weight is 299 g/mol. The number of amides is 1. The van der Waals surface area contributed by atoms with Gasteiger partial charge in [-0.2, -0.15) is 4.98 Å². The SMILES string of the molecule is CCCc1noc(C2CCC(=O)N2Cc2cccc(C)c2)n1. The second-order valence-corrected chi connectivity index (χ2v) is 5.86. The standard InChI is InChI=1S/C17H21N3O2/c1-3-5-15-18-17(22-19-15)14-8-9-16(21)20(14)11-13-7-4-6-12(2)10-13/h4,6-7,10,14H,3,5,8-9,11H2,1-2H3. The minimum absolute atomic E-state index is 0.0916. The first-order valence-electron chi connectivity index (χ1n) is 7.85. The molecule has 5 heteroatoms. The lowest BCUT2D eigenvalue weighted by atomic mass is 10.1. The van der Waals surface area contributed by atoms with Crippen molar-refractivity contribution < 1.29 is 9.32 Å². The highest BCUT2D eigenvalue weighted by Gasteiger charge is 2.35. The molecule has 1 saturated heterocycles. The van der Waals surface area contributed by atoms with Crippen LogP contribution in [0.15, 0.2) is 28.8 Å². The summed E-state index contributed by atoms with van der Waals surface area (Å²) in [5.41, 5.74) is 2.33. The van der Waals surface area contributed by atoms with E-state index in [1.54, 1.807) is 0 Å². The van der Waals surface area contributed by atoms with Crippen molar-refractivity contribution in [1.29, 1.82) is 0 Å². The largest absolute Gasteiger partial charge is 0.337 e. The van der Waals surface area contributed by atoms with Gasteiger partial charge in [-0.1, -0.05) is 41.9 Å². The van der Waals surface area contributed by atoms with Crippen molar-refractivity contribution in [2.75, 3.05) is 0 Å². The summed E-state index contributed by atoms with van der Waals surface area (Å²) in [6.07, 6.45) is 3.08. The molecule has 0 radical (unpaired) electrons. The number of hydrogen-bond acceptors (Lipinski definition) is 4. The molecule has 0 spiro atoms. The van der Waals surface area contributed by atoms with Gasteiger partial charge in [-0.15, -0.1) is 0 Å². The Balaban J connectivity index is 1.79. The van der Waals surface area contributed by atoms with Crippen molar-refractivity contribution >= 4 is 5.91 Å². The van der Waals surface area contributed by atoms with Crippen molar-refractivity contribution in [3.63, 3.8) is 0 Å². The molecule has 3 rings (SSSR count). The molecule has 1 amide bonds. The van der Waals surface area contributed by atoms with Gasteiger partial charge in [0.1, 0.15) is 6.04 Å². The van der Waals surface area contributed by atoms with Crippen LogP contribution in [0.4, 0.5) is 0 Å². The van der Waals surface area contributed by atoms with Crippen LogP contribution in [0, 0.1) is 6.92 Å². The van der Waals surface area contributed by atoms with E-state index in [4.69, 9.17) is 4.52 Å². The summed E-state index contributed by atoms with van der Waals surface area (Å²) < 4.78 is 5.39. The number of nitrogens with zero attached hydrogens (tertiary/aromatic N) is 3. The Hall–Kier alpha value is -2.17. The number of rotatable bonds is 5. The normalized spacial score (nSPS) is 18.2. The highest BCUT2D eigenvalue weighted by Crippen LogP contribution is 2.33. The maximum Gasteiger partial charge on any atom is 0.249 e. The lowest BCUT2D eigenvalue weighted by Gasteiger charge is -2.22. The minimum atomic E-state index is -0.0916. The molecule has 1 fully saturated rings. The topological polar surface area (TPSA) is 59.2 Å². The fourth-order valence-electron chi connectivity index (χ4n) is 2.92. The van der Waals surface area contributed by atoms with Crippen molar-refractivity contribution in [2.24, 2.45) is 0 Å². The molecule has 0 bridgehead atoms. The third kappa shape index (κ3) is 3.03. The summed E-state index contributed by atoms with van der Waals surface area (Å²) in [5.74, 6) is 1.45. The number of carbonyl (C=O) groups excluding carboxylic acids is 1. The van der Waals surface area contributed by atoms with Gasteiger partial charge in [0.2, 0.25) is 11.8 Å². The number of carbonyl (C=O) groups is 1. The fourth-order valence-corrected chi connectivity index (χ4v) is 2.92. The van der Waals surface area contributed by atoms with Gasteiger partial charge in [0, 0.05) is 19.4 Å². The van der Waals surface area contributed by atoms with Gasteiger partial charge in [-0.05, 0) is 25.3 Å². The molecule has 1 aliphatic rings. The highest BCUT2D eigenvalue weighted by molar-refractivity contribution is 5.78. The summed E-state index contributed by atoms with van der Waals surface area (Å²) in [7, 11) is 0. The summed E-state index contributed by atoms with van der Waals surface area (Å²) in [6.45, 7) is 4.73. The van der Waals surface area contributed by atoms with Gasteiger partial charge in [0.05, 0.1) is 0 Å². The Kier molecular flexibility index (Phi) is 4.22. The van der Waals surface area contributed by atoms with Crippen LogP contribution in [0.3, 0.4) is 0 Å². The third-order valence-electron chi connectivity index (χ3n) is 4.01.